The van der Waals surface area contributed by atoms with Gasteiger partial charge in [-0.05, 0) is 31.2 Å². The predicted octanol–water partition coefficient (Wildman–Crippen LogP) is 5.63. The van der Waals surface area contributed by atoms with Crippen LogP contribution >= 0.6 is 0 Å². The monoisotopic (exact) mass is 230 g/mol. The summed E-state index contributed by atoms with van der Waals surface area (Å²) in [6.45, 7) is 6.67. The molecule has 0 aliphatic heterocycles. The Bertz CT molecular complexity index is 318. The van der Waals surface area contributed by atoms with Gasteiger partial charge in [0.2, 0.25) is 0 Å². The largest absolute Gasteiger partial charge is 0.0879 e. The summed E-state index contributed by atoms with van der Waals surface area (Å²) >= 11 is 0. The van der Waals surface area contributed by atoms with Crippen molar-refractivity contribution in [2.45, 2.75) is 58.8 Å². The molecule has 0 saturated carbocycles. The number of hydrogen-bond donors (Lipinski definition) is 0. The maximum Gasteiger partial charge on any atom is -0.00104 e. The minimum atomic E-state index is 0.543. The van der Waals surface area contributed by atoms with E-state index in [1.807, 2.05) is 0 Å². The van der Waals surface area contributed by atoms with Crippen LogP contribution in [0.25, 0.3) is 0 Å². The molecule has 0 aliphatic rings. The fourth-order valence-electron chi connectivity index (χ4n) is 1.97. The van der Waals surface area contributed by atoms with Gasteiger partial charge in [0, 0.05) is 0 Å². The van der Waals surface area contributed by atoms with E-state index in [2.05, 4.69) is 57.2 Å². The van der Waals surface area contributed by atoms with Crippen molar-refractivity contribution in [2.75, 3.05) is 0 Å². The third kappa shape index (κ3) is 5.72. The number of rotatable bonds is 7. The molecule has 0 nitrogen and oxygen atoms in total. The van der Waals surface area contributed by atoms with Gasteiger partial charge in [-0.3, -0.25) is 0 Å². The first-order chi connectivity index (χ1) is 8.24. The van der Waals surface area contributed by atoms with Crippen molar-refractivity contribution in [3.63, 3.8) is 0 Å². The van der Waals surface area contributed by atoms with Crippen molar-refractivity contribution < 1.29 is 0 Å². The van der Waals surface area contributed by atoms with Crippen LogP contribution in [0.3, 0.4) is 0 Å². The summed E-state index contributed by atoms with van der Waals surface area (Å²) in [5.41, 5.74) is 2.75. The number of aryl methyl sites for hydroxylation is 1. The molecule has 17 heavy (non-hydrogen) atoms. The Labute approximate surface area is 107 Å². The highest BCUT2D eigenvalue weighted by atomic mass is 14.0. The summed E-state index contributed by atoms with van der Waals surface area (Å²) in [4.78, 5) is 0. The Kier molecular flexibility index (Phi) is 6.69. The van der Waals surface area contributed by atoms with E-state index in [9.17, 15) is 0 Å². The molecule has 1 rings (SSSR count). The van der Waals surface area contributed by atoms with Gasteiger partial charge < -0.3 is 0 Å². The molecule has 0 radical (unpaired) electrons. The van der Waals surface area contributed by atoms with Gasteiger partial charge in [-0.1, -0.05) is 75.1 Å². The molecule has 0 bridgehead atoms. The van der Waals surface area contributed by atoms with Crippen LogP contribution in [0.4, 0.5) is 0 Å². The molecule has 0 spiro atoms. The van der Waals surface area contributed by atoms with Crippen molar-refractivity contribution in [3.05, 3.63) is 47.5 Å². The normalized spacial score (nSPS) is 13.1. The van der Waals surface area contributed by atoms with E-state index in [1.165, 1.54) is 43.2 Å². The molecule has 0 aliphatic carbocycles. The third-order valence-corrected chi connectivity index (χ3v) is 3.25. The Balaban J connectivity index is 2.30. The van der Waals surface area contributed by atoms with Gasteiger partial charge in [0.25, 0.3) is 0 Å². The van der Waals surface area contributed by atoms with Gasteiger partial charge in [0.1, 0.15) is 0 Å². The summed E-state index contributed by atoms with van der Waals surface area (Å²) in [5, 5.41) is 0. The van der Waals surface area contributed by atoms with Crippen molar-refractivity contribution in [2.24, 2.45) is 0 Å². The zero-order chi connectivity index (χ0) is 12.5. The van der Waals surface area contributed by atoms with Crippen molar-refractivity contribution >= 4 is 0 Å². The van der Waals surface area contributed by atoms with Crippen LogP contribution in [-0.4, -0.2) is 0 Å². The van der Waals surface area contributed by atoms with Gasteiger partial charge >= 0.3 is 0 Å². The van der Waals surface area contributed by atoms with Crippen LogP contribution in [0.15, 0.2) is 36.4 Å². The second-order valence-corrected chi connectivity index (χ2v) is 4.98. The molecule has 0 N–H and O–H groups in total. The van der Waals surface area contributed by atoms with Gasteiger partial charge in [0.15, 0.2) is 0 Å². The highest BCUT2D eigenvalue weighted by Crippen LogP contribution is 2.17. The van der Waals surface area contributed by atoms with Gasteiger partial charge in [0.05, 0.1) is 0 Å². The molecule has 1 aromatic carbocycles. The Morgan fingerprint density at radius 3 is 2.41 bits per heavy atom. The average Bonchev–Trinajstić information content (AvgIpc) is 2.34. The van der Waals surface area contributed by atoms with Crippen LogP contribution in [0.5, 0.6) is 0 Å². The van der Waals surface area contributed by atoms with Crippen LogP contribution < -0.4 is 0 Å². The molecule has 0 aromatic heterocycles. The van der Waals surface area contributed by atoms with Gasteiger partial charge in [-0.25, -0.2) is 0 Å². The number of hydrogen-bond acceptors (Lipinski definition) is 0. The van der Waals surface area contributed by atoms with E-state index < -0.39 is 0 Å². The topological polar surface area (TPSA) is 0 Å². The van der Waals surface area contributed by atoms with Gasteiger partial charge in [-0.2, -0.15) is 0 Å². The van der Waals surface area contributed by atoms with Crippen LogP contribution in [0.2, 0.25) is 0 Å². The highest BCUT2D eigenvalue weighted by molar-refractivity contribution is 5.26. The molecule has 0 heterocycles. The molecule has 0 heteroatoms. The van der Waals surface area contributed by atoms with E-state index in [0.29, 0.717) is 5.92 Å². The summed E-state index contributed by atoms with van der Waals surface area (Å²) < 4.78 is 0. The summed E-state index contributed by atoms with van der Waals surface area (Å²) in [7, 11) is 0. The van der Waals surface area contributed by atoms with Crippen LogP contribution in [-0.2, 0) is 0 Å². The predicted molar refractivity (Wildman–Crippen MR) is 77.5 cm³/mol. The standard InChI is InChI=1S/C17H26/c1-4-5-6-7-8-9-10-16(3)17-13-11-15(2)12-14-17/h9-14,16H,4-8H2,1-3H3. The minimum Gasteiger partial charge on any atom is -0.0879 e. The molecular weight excluding hydrogens is 204 g/mol. The molecule has 0 fully saturated rings. The fourth-order valence-corrected chi connectivity index (χ4v) is 1.97. The Morgan fingerprint density at radius 1 is 1.06 bits per heavy atom. The zero-order valence-electron chi connectivity index (χ0n) is 11.6. The zero-order valence-corrected chi connectivity index (χ0v) is 11.6. The molecule has 94 valence electrons. The molecule has 1 aromatic rings. The molecular formula is C17H26. The number of unbranched alkanes of at least 4 members (excludes halogenated alkanes) is 4. The average molecular weight is 230 g/mol. The summed E-state index contributed by atoms with van der Waals surface area (Å²) in [6, 6.07) is 8.87. The van der Waals surface area contributed by atoms with Crippen molar-refractivity contribution in [1.29, 1.82) is 0 Å². The third-order valence-electron chi connectivity index (χ3n) is 3.25. The van der Waals surface area contributed by atoms with Crippen LogP contribution in [0.1, 0.15) is 63.0 Å². The molecule has 1 atom stereocenters. The SMILES string of the molecule is CCCCCCC=CC(C)c1ccc(C)cc1. The second-order valence-electron chi connectivity index (χ2n) is 4.98. The quantitative estimate of drug-likeness (QED) is 0.421. The lowest BCUT2D eigenvalue weighted by Gasteiger charge is -2.06. The lowest BCUT2D eigenvalue weighted by molar-refractivity contribution is 0.673. The highest BCUT2D eigenvalue weighted by Gasteiger charge is 1.99. The van der Waals surface area contributed by atoms with Gasteiger partial charge in [-0.15, -0.1) is 0 Å². The lowest BCUT2D eigenvalue weighted by Crippen LogP contribution is -1.88. The molecule has 1 unspecified atom stereocenters. The molecule has 0 saturated heterocycles. The minimum absolute atomic E-state index is 0.543. The Morgan fingerprint density at radius 2 is 1.76 bits per heavy atom. The van der Waals surface area contributed by atoms with E-state index in [0.717, 1.165) is 0 Å². The van der Waals surface area contributed by atoms with Crippen molar-refractivity contribution in [3.8, 4) is 0 Å². The Hall–Kier alpha value is -1.04. The number of benzene rings is 1. The molecule has 0 amide bonds. The van der Waals surface area contributed by atoms with E-state index in [1.54, 1.807) is 0 Å². The van der Waals surface area contributed by atoms with E-state index in [4.69, 9.17) is 0 Å². The fraction of sp³-hybridized carbons (Fsp3) is 0.529. The smallest absolute Gasteiger partial charge is 0.00104 e. The lowest BCUT2D eigenvalue weighted by atomic mass is 9.99. The number of allylic oxidation sites excluding steroid dienone is 2. The first kappa shape index (κ1) is 14.0. The van der Waals surface area contributed by atoms with E-state index in [-0.39, 0.29) is 0 Å². The maximum atomic E-state index is 2.35. The summed E-state index contributed by atoms with van der Waals surface area (Å²) in [5.74, 6) is 0.543. The summed E-state index contributed by atoms with van der Waals surface area (Å²) in [6.07, 6.45) is 11.3. The first-order valence-electron chi connectivity index (χ1n) is 6.97. The van der Waals surface area contributed by atoms with E-state index >= 15 is 0 Å². The van der Waals surface area contributed by atoms with Crippen molar-refractivity contribution in [1.82, 2.24) is 0 Å². The second kappa shape index (κ2) is 8.11. The van der Waals surface area contributed by atoms with Crippen LogP contribution in [0, 0.1) is 6.92 Å². The first-order valence-corrected chi connectivity index (χ1v) is 6.97. The maximum absolute atomic E-state index is 2.35.